The highest BCUT2D eigenvalue weighted by Gasteiger charge is 2.19. The fraction of sp³-hybridized carbons (Fsp3) is 0.357. The van der Waals surface area contributed by atoms with Crippen LogP contribution in [0.4, 0.5) is 0 Å². The second kappa shape index (κ2) is 7.11. The van der Waals surface area contributed by atoms with Crippen molar-refractivity contribution in [3.8, 4) is 0 Å². The van der Waals surface area contributed by atoms with Crippen LogP contribution in [0.1, 0.15) is 17.3 Å². The molecule has 0 saturated heterocycles. The van der Waals surface area contributed by atoms with Crippen LogP contribution in [0, 0.1) is 0 Å². The van der Waals surface area contributed by atoms with Crippen LogP contribution in [-0.2, 0) is 6.54 Å². The van der Waals surface area contributed by atoms with Crippen molar-refractivity contribution in [3.05, 3.63) is 50.2 Å². The molecule has 0 aliphatic heterocycles. The summed E-state index contributed by atoms with van der Waals surface area (Å²) < 4.78 is 2.73. The molecule has 2 rings (SSSR count). The summed E-state index contributed by atoms with van der Waals surface area (Å²) in [6.07, 6.45) is 1.63. The van der Waals surface area contributed by atoms with E-state index >= 15 is 0 Å². The van der Waals surface area contributed by atoms with Crippen molar-refractivity contribution in [2.24, 2.45) is 5.73 Å². The molecule has 0 spiro atoms. The van der Waals surface area contributed by atoms with Crippen molar-refractivity contribution in [2.75, 3.05) is 20.6 Å². The second-order valence-corrected chi connectivity index (χ2v) is 6.84. The van der Waals surface area contributed by atoms with E-state index in [-0.39, 0.29) is 6.04 Å². The number of nitrogens with two attached hydrogens (primary N) is 1. The number of likely N-dealkylation sites (N-methyl/N-ethyl adjacent to an activating group) is 1. The zero-order valence-corrected chi connectivity index (χ0v) is 15.0. The maximum atomic E-state index is 6.37. The van der Waals surface area contributed by atoms with Gasteiger partial charge in [0.15, 0.2) is 0 Å². The fourth-order valence-corrected chi connectivity index (χ4v) is 3.21. The quantitative estimate of drug-likeness (QED) is 0.847. The van der Waals surface area contributed by atoms with Gasteiger partial charge in [0.1, 0.15) is 0 Å². The summed E-state index contributed by atoms with van der Waals surface area (Å²) in [6, 6.07) is 5.23. The molecule has 0 saturated carbocycles. The van der Waals surface area contributed by atoms with E-state index in [0.717, 1.165) is 28.8 Å². The molecular weight excluding hydrogens is 375 g/mol. The second-order valence-electron chi connectivity index (χ2n) is 5.08. The molecule has 0 fully saturated rings. The molecule has 1 unspecified atom stereocenters. The van der Waals surface area contributed by atoms with Gasteiger partial charge in [-0.2, -0.15) is 5.10 Å². The predicted molar refractivity (Wildman–Crippen MR) is 91.0 cm³/mol. The molecule has 2 aromatic rings. The van der Waals surface area contributed by atoms with Gasteiger partial charge in [-0.25, -0.2) is 0 Å². The van der Waals surface area contributed by atoms with Crippen LogP contribution in [0.25, 0.3) is 0 Å². The van der Waals surface area contributed by atoms with Crippen molar-refractivity contribution < 1.29 is 0 Å². The molecule has 7 heteroatoms. The van der Waals surface area contributed by atoms with E-state index in [2.05, 4.69) is 25.9 Å². The number of benzene rings is 1. The average molecular weight is 392 g/mol. The molecule has 1 atom stereocenters. The number of hydrogen-bond donors (Lipinski definition) is 1. The van der Waals surface area contributed by atoms with E-state index < -0.39 is 0 Å². The summed E-state index contributed by atoms with van der Waals surface area (Å²) in [5, 5.41) is 5.51. The van der Waals surface area contributed by atoms with Crippen molar-refractivity contribution in [1.82, 2.24) is 14.7 Å². The van der Waals surface area contributed by atoms with Crippen LogP contribution in [0.15, 0.2) is 28.9 Å². The summed E-state index contributed by atoms with van der Waals surface area (Å²) in [6.45, 7) is 1.58. The van der Waals surface area contributed by atoms with Crippen molar-refractivity contribution in [2.45, 2.75) is 12.6 Å². The maximum absolute atomic E-state index is 6.37. The normalized spacial score (nSPS) is 12.9. The lowest BCUT2D eigenvalue weighted by Crippen LogP contribution is -2.23. The van der Waals surface area contributed by atoms with E-state index in [1.54, 1.807) is 6.20 Å². The van der Waals surface area contributed by atoms with E-state index in [1.165, 1.54) is 0 Å². The SMILES string of the molecule is CN(C)CCn1ncc(Cl)c1C(N)c1cc(Cl)cc(Br)c1. The van der Waals surface area contributed by atoms with Gasteiger partial charge in [-0.05, 0) is 37.9 Å². The summed E-state index contributed by atoms with van der Waals surface area (Å²) >= 11 is 15.8. The maximum Gasteiger partial charge on any atom is 0.0837 e. The minimum Gasteiger partial charge on any atom is -0.319 e. The van der Waals surface area contributed by atoms with Gasteiger partial charge in [0.05, 0.1) is 29.5 Å². The number of hydrogen-bond acceptors (Lipinski definition) is 3. The smallest absolute Gasteiger partial charge is 0.0837 e. The predicted octanol–water partition coefficient (Wildman–Crippen LogP) is 3.56. The lowest BCUT2D eigenvalue weighted by Gasteiger charge is -2.17. The van der Waals surface area contributed by atoms with E-state index in [0.29, 0.717) is 10.0 Å². The zero-order valence-electron chi connectivity index (χ0n) is 11.9. The Morgan fingerprint density at radius 3 is 2.67 bits per heavy atom. The van der Waals surface area contributed by atoms with Gasteiger partial charge >= 0.3 is 0 Å². The Hall–Kier alpha value is -0.590. The van der Waals surface area contributed by atoms with Gasteiger partial charge < -0.3 is 10.6 Å². The highest BCUT2D eigenvalue weighted by atomic mass is 79.9. The Labute approximate surface area is 142 Å². The summed E-state index contributed by atoms with van der Waals surface area (Å²) in [5.41, 5.74) is 8.06. The van der Waals surface area contributed by atoms with Crippen molar-refractivity contribution in [1.29, 1.82) is 0 Å². The number of aromatic nitrogens is 2. The first-order chi connectivity index (χ1) is 9.88. The highest BCUT2D eigenvalue weighted by Crippen LogP contribution is 2.30. The molecule has 1 aromatic carbocycles. The summed E-state index contributed by atoms with van der Waals surface area (Å²) in [4.78, 5) is 2.08. The summed E-state index contributed by atoms with van der Waals surface area (Å²) in [5.74, 6) is 0. The Morgan fingerprint density at radius 2 is 2.05 bits per heavy atom. The lowest BCUT2D eigenvalue weighted by atomic mass is 10.0. The van der Waals surface area contributed by atoms with Gasteiger partial charge in [0.25, 0.3) is 0 Å². The molecule has 0 bridgehead atoms. The summed E-state index contributed by atoms with van der Waals surface area (Å²) in [7, 11) is 4.03. The third-order valence-electron chi connectivity index (χ3n) is 3.13. The molecule has 21 heavy (non-hydrogen) atoms. The zero-order chi connectivity index (χ0) is 15.6. The Bertz CT molecular complexity index is 607. The molecular formula is C14H17BrCl2N4. The molecule has 0 aliphatic carbocycles. The topological polar surface area (TPSA) is 47.1 Å². The van der Waals surface area contributed by atoms with Crippen LogP contribution < -0.4 is 5.73 Å². The van der Waals surface area contributed by atoms with Crippen LogP contribution in [0.3, 0.4) is 0 Å². The Morgan fingerprint density at radius 1 is 1.33 bits per heavy atom. The first-order valence-electron chi connectivity index (χ1n) is 6.46. The molecule has 114 valence electrons. The minimum atomic E-state index is -0.378. The highest BCUT2D eigenvalue weighted by molar-refractivity contribution is 9.10. The molecule has 0 aliphatic rings. The number of rotatable bonds is 5. The van der Waals surface area contributed by atoms with E-state index in [4.69, 9.17) is 28.9 Å². The molecule has 1 aromatic heterocycles. The van der Waals surface area contributed by atoms with Gasteiger partial charge in [-0.3, -0.25) is 4.68 Å². The van der Waals surface area contributed by atoms with Gasteiger partial charge in [0, 0.05) is 16.0 Å². The van der Waals surface area contributed by atoms with Crippen LogP contribution >= 0.6 is 39.1 Å². The Balaban J connectivity index is 2.33. The molecule has 0 amide bonds. The third kappa shape index (κ3) is 4.20. The number of nitrogens with zero attached hydrogens (tertiary/aromatic N) is 3. The van der Waals surface area contributed by atoms with Gasteiger partial charge in [0.2, 0.25) is 0 Å². The van der Waals surface area contributed by atoms with Crippen LogP contribution in [0.2, 0.25) is 10.0 Å². The van der Waals surface area contributed by atoms with Crippen LogP contribution in [-0.4, -0.2) is 35.3 Å². The Kier molecular flexibility index (Phi) is 5.68. The molecule has 2 N–H and O–H groups in total. The average Bonchev–Trinajstić information content (AvgIpc) is 2.75. The molecule has 4 nitrogen and oxygen atoms in total. The molecule has 1 heterocycles. The standard InChI is InChI=1S/C14H17BrCl2N4/c1-20(2)3-4-21-14(12(17)8-19-21)13(18)9-5-10(15)7-11(16)6-9/h5-8,13H,3-4,18H2,1-2H3. The largest absolute Gasteiger partial charge is 0.319 e. The first-order valence-corrected chi connectivity index (χ1v) is 8.01. The fourth-order valence-electron chi connectivity index (χ4n) is 2.07. The van der Waals surface area contributed by atoms with E-state index in [1.807, 2.05) is 37.0 Å². The van der Waals surface area contributed by atoms with Gasteiger partial charge in [-0.1, -0.05) is 39.1 Å². The van der Waals surface area contributed by atoms with E-state index in [9.17, 15) is 0 Å². The lowest BCUT2D eigenvalue weighted by molar-refractivity contribution is 0.368. The monoisotopic (exact) mass is 390 g/mol. The minimum absolute atomic E-state index is 0.378. The van der Waals surface area contributed by atoms with Gasteiger partial charge in [-0.15, -0.1) is 0 Å². The number of halogens is 3. The van der Waals surface area contributed by atoms with Crippen molar-refractivity contribution in [3.63, 3.8) is 0 Å². The van der Waals surface area contributed by atoms with Crippen molar-refractivity contribution >= 4 is 39.1 Å². The molecule has 0 radical (unpaired) electrons. The van der Waals surface area contributed by atoms with Crippen LogP contribution in [0.5, 0.6) is 0 Å². The third-order valence-corrected chi connectivity index (χ3v) is 4.10. The first kappa shape index (κ1) is 16.8.